The second-order valence-corrected chi connectivity index (χ2v) is 5.70. The van der Waals surface area contributed by atoms with Gasteiger partial charge in [0.25, 0.3) is 0 Å². The van der Waals surface area contributed by atoms with Gasteiger partial charge >= 0.3 is 0 Å². The highest BCUT2D eigenvalue weighted by atomic mass is 79.9. The van der Waals surface area contributed by atoms with Gasteiger partial charge in [-0.1, -0.05) is 45.8 Å². The molecule has 94 valence electrons. The second kappa shape index (κ2) is 5.23. The van der Waals surface area contributed by atoms with Crippen molar-refractivity contribution in [3.63, 3.8) is 0 Å². The lowest BCUT2D eigenvalue weighted by atomic mass is 9.97. The van der Waals surface area contributed by atoms with Gasteiger partial charge in [-0.2, -0.15) is 0 Å². The minimum atomic E-state index is -0.181. The molecule has 0 aliphatic heterocycles. The third kappa shape index (κ3) is 2.81. The summed E-state index contributed by atoms with van der Waals surface area (Å²) in [5.74, 6) is -0.181. The number of hydrogen-bond acceptors (Lipinski definition) is 0. The van der Waals surface area contributed by atoms with Gasteiger partial charge in [0, 0.05) is 0 Å². The van der Waals surface area contributed by atoms with Crippen LogP contribution in [0.1, 0.15) is 32.6 Å². The van der Waals surface area contributed by atoms with E-state index in [1.165, 1.54) is 16.7 Å². The summed E-state index contributed by atoms with van der Waals surface area (Å²) < 4.78 is 13.5. The number of halogens is 2. The number of hydrogen-bond donors (Lipinski definition) is 0. The number of benzene rings is 2. The molecule has 0 saturated heterocycles. The Morgan fingerprint density at radius 1 is 0.944 bits per heavy atom. The molecule has 0 fully saturated rings. The highest BCUT2D eigenvalue weighted by Gasteiger charge is 2.14. The Balaban J connectivity index is 2.47. The van der Waals surface area contributed by atoms with Gasteiger partial charge in [0.1, 0.15) is 5.82 Å². The van der Waals surface area contributed by atoms with Gasteiger partial charge in [0.15, 0.2) is 0 Å². The van der Waals surface area contributed by atoms with Gasteiger partial charge in [0.2, 0.25) is 0 Å². The minimum absolute atomic E-state index is 0.0341. The van der Waals surface area contributed by atoms with Crippen molar-refractivity contribution in [3.05, 3.63) is 70.0 Å². The van der Waals surface area contributed by atoms with Crippen LogP contribution in [0, 0.1) is 26.6 Å². The smallest absolute Gasteiger partial charge is 0.123 e. The second-order valence-electron chi connectivity index (χ2n) is 4.78. The molecule has 0 bridgehead atoms. The SMILES string of the molecule is Cc1cc(F)cc(C(Br)c2cc(C)ccc2C)c1. The molecule has 1 atom stereocenters. The van der Waals surface area contributed by atoms with E-state index in [1.807, 2.05) is 13.0 Å². The van der Waals surface area contributed by atoms with Crippen molar-refractivity contribution in [2.75, 3.05) is 0 Å². The minimum Gasteiger partial charge on any atom is -0.207 e. The number of alkyl halides is 1. The fourth-order valence-electron chi connectivity index (χ4n) is 2.12. The molecule has 0 aliphatic rings. The Hall–Kier alpha value is -1.15. The van der Waals surface area contributed by atoms with Crippen LogP contribution < -0.4 is 0 Å². The average Bonchev–Trinajstić information content (AvgIpc) is 2.30. The Kier molecular flexibility index (Phi) is 3.86. The molecule has 1 unspecified atom stereocenters. The van der Waals surface area contributed by atoms with Gasteiger partial charge in [-0.3, -0.25) is 0 Å². The average molecular weight is 307 g/mol. The largest absolute Gasteiger partial charge is 0.207 e. The van der Waals surface area contributed by atoms with Crippen molar-refractivity contribution in [3.8, 4) is 0 Å². The van der Waals surface area contributed by atoms with E-state index >= 15 is 0 Å². The third-order valence-corrected chi connectivity index (χ3v) is 4.09. The summed E-state index contributed by atoms with van der Waals surface area (Å²) in [6, 6.07) is 11.5. The summed E-state index contributed by atoms with van der Waals surface area (Å²) in [5.41, 5.74) is 5.53. The lowest BCUT2D eigenvalue weighted by Crippen LogP contribution is -1.98. The maximum atomic E-state index is 13.5. The fraction of sp³-hybridized carbons (Fsp3) is 0.250. The summed E-state index contributed by atoms with van der Waals surface area (Å²) in [6.07, 6.45) is 0. The van der Waals surface area contributed by atoms with Gasteiger partial charge in [-0.05, 0) is 55.2 Å². The molecule has 0 aliphatic carbocycles. The molecule has 0 aromatic heterocycles. The fourth-order valence-corrected chi connectivity index (χ4v) is 2.88. The van der Waals surface area contributed by atoms with E-state index in [0.29, 0.717) is 0 Å². The van der Waals surface area contributed by atoms with Crippen molar-refractivity contribution < 1.29 is 4.39 Å². The quantitative estimate of drug-likeness (QED) is 0.666. The van der Waals surface area contributed by atoms with E-state index in [1.54, 1.807) is 12.1 Å². The van der Waals surface area contributed by atoms with Crippen molar-refractivity contribution in [1.29, 1.82) is 0 Å². The first-order valence-corrected chi connectivity index (χ1v) is 6.87. The normalized spacial score (nSPS) is 12.5. The van der Waals surface area contributed by atoms with E-state index in [0.717, 1.165) is 11.1 Å². The Morgan fingerprint density at radius 3 is 2.33 bits per heavy atom. The monoisotopic (exact) mass is 306 g/mol. The highest BCUT2D eigenvalue weighted by Crippen LogP contribution is 2.34. The molecule has 0 amide bonds. The molecule has 0 N–H and O–H groups in total. The molecule has 0 radical (unpaired) electrons. The highest BCUT2D eigenvalue weighted by molar-refractivity contribution is 9.09. The molecule has 2 aromatic carbocycles. The molecule has 2 aromatic rings. The van der Waals surface area contributed by atoms with Crippen LogP contribution in [0.25, 0.3) is 0 Å². The predicted molar refractivity (Wildman–Crippen MR) is 77.8 cm³/mol. The first-order chi connectivity index (χ1) is 8.47. The number of aryl methyl sites for hydroxylation is 3. The summed E-state index contributed by atoms with van der Waals surface area (Å²) >= 11 is 3.68. The molecule has 2 heteroatoms. The van der Waals surface area contributed by atoms with Gasteiger partial charge in [0.05, 0.1) is 4.83 Å². The lowest BCUT2D eigenvalue weighted by molar-refractivity contribution is 0.624. The van der Waals surface area contributed by atoms with E-state index < -0.39 is 0 Å². The maximum absolute atomic E-state index is 13.5. The van der Waals surface area contributed by atoms with Crippen LogP contribution in [-0.2, 0) is 0 Å². The molecule has 0 saturated carbocycles. The van der Waals surface area contributed by atoms with E-state index in [-0.39, 0.29) is 10.6 Å². The first-order valence-electron chi connectivity index (χ1n) is 5.95. The maximum Gasteiger partial charge on any atom is 0.123 e. The van der Waals surface area contributed by atoms with Crippen LogP contribution in [0.15, 0.2) is 36.4 Å². The third-order valence-electron chi connectivity index (χ3n) is 3.06. The van der Waals surface area contributed by atoms with E-state index in [4.69, 9.17) is 0 Å². The van der Waals surface area contributed by atoms with Gasteiger partial charge in [-0.25, -0.2) is 4.39 Å². The van der Waals surface area contributed by atoms with Crippen molar-refractivity contribution in [1.82, 2.24) is 0 Å². The van der Waals surface area contributed by atoms with Crippen molar-refractivity contribution in [2.45, 2.75) is 25.6 Å². The Bertz CT molecular complexity index is 555. The standard InChI is InChI=1S/C16H16BrF/c1-10-4-5-12(3)15(8-10)16(17)13-6-11(2)7-14(18)9-13/h4-9,16H,1-3H3. The molecular formula is C16H16BrF. The lowest BCUT2D eigenvalue weighted by Gasteiger charge is -2.15. The predicted octanol–water partition coefficient (Wildman–Crippen LogP) is 5.24. The molecular weight excluding hydrogens is 291 g/mol. The van der Waals surface area contributed by atoms with Gasteiger partial charge < -0.3 is 0 Å². The summed E-state index contributed by atoms with van der Waals surface area (Å²) in [4.78, 5) is 0.0341. The number of rotatable bonds is 2. The van der Waals surface area contributed by atoms with Crippen LogP contribution >= 0.6 is 15.9 Å². The summed E-state index contributed by atoms with van der Waals surface area (Å²) in [7, 11) is 0. The molecule has 0 spiro atoms. The zero-order chi connectivity index (χ0) is 13.3. The summed E-state index contributed by atoms with van der Waals surface area (Å²) in [5, 5.41) is 0. The van der Waals surface area contributed by atoms with Crippen LogP contribution in [0.4, 0.5) is 4.39 Å². The van der Waals surface area contributed by atoms with Crippen LogP contribution in [0.3, 0.4) is 0 Å². The zero-order valence-corrected chi connectivity index (χ0v) is 12.4. The topological polar surface area (TPSA) is 0 Å². The van der Waals surface area contributed by atoms with Crippen LogP contribution in [0.5, 0.6) is 0 Å². The van der Waals surface area contributed by atoms with Crippen LogP contribution in [-0.4, -0.2) is 0 Å². The first kappa shape index (κ1) is 13.3. The van der Waals surface area contributed by atoms with E-state index in [9.17, 15) is 4.39 Å². The zero-order valence-electron chi connectivity index (χ0n) is 10.8. The summed E-state index contributed by atoms with van der Waals surface area (Å²) in [6.45, 7) is 6.06. The molecule has 0 nitrogen and oxygen atoms in total. The van der Waals surface area contributed by atoms with Crippen molar-refractivity contribution >= 4 is 15.9 Å². The Morgan fingerprint density at radius 2 is 1.67 bits per heavy atom. The van der Waals surface area contributed by atoms with Gasteiger partial charge in [-0.15, -0.1) is 0 Å². The molecule has 2 rings (SSSR count). The Labute approximate surface area is 116 Å². The van der Waals surface area contributed by atoms with Crippen molar-refractivity contribution in [2.24, 2.45) is 0 Å². The molecule has 18 heavy (non-hydrogen) atoms. The van der Waals surface area contributed by atoms with Crippen LogP contribution in [0.2, 0.25) is 0 Å². The molecule has 0 heterocycles. The van der Waals surface area contributed by atoms with E-state index in [2.05, 4.69) is 48.0 Å².